The first-order valence-electron chi connectivity index (χ1n) is 5.89. The Bertz CT molecular complexity index is 659. The van der Waals surface area contributed by atoms with Crippen LogP contribution in [0.1, 0.15) is 11.1 Å². The normalized spacial score (nSPS) is 11.4. The SMILES string of the molecule is Oc1ccc(CNc2cc(C(F)(F)F)ccc2Cl)c(O)c1. The largest absolute Gasteiger partial charge is 0.508 e. The van der Waals surface area contributed by atoms with Crippen LogP contribution >= 0.6 is 11.6 Å². The molecule has 0 saturated heterocycles. The van der Waals surface area contributed by atoms with Crippen molar-refractivity contribution in [3.8, 4) is 11.5 Å². The van der Waals surface area contributed by atoms with Crippen LogP contribution in [0.3, 0.4) is 0 Å². The summed E-state index contributed by atoms with van der Waals surface area (Å²) in [5.74, 6) is -0.265. The first-order valence-corrected chi connectivity index (χ1v) is 6.26. The van der Waals surface area contributed by atoms with E-state index >= 15 is 0 Å². The summed E-state index contributed by atoms with van der Waals surface area (Å²) in [5.41, 5.74) is -0.287. The maximum absolute atomic E-state index is 12.6. The Balaban J connectivity index is 2.19. The van der Waals surface area contributed by atoms with Crippen molar-refractivity contribution in [2.75, 3.05) is 5.32 Å². The molecule has 0 aliphatic rings. The van der Waals surface area contributed by atoms with Gasteiger partial charge in [-0.25, -0.2) is 0 Å². The zero-order valence-corrected chi connectivity index (χ0v) is 11.3. The molecule has 0 fully saturated rings. The summed E-state index contributed by atoms with van der Waals surface area (Å²) >= 11 is 5.85. The minimum absolute atomic E-state index is 0.0626. The third-order valence-electron chi connectivity index (χ3n) is 2.83. The molecule has 0 spiro atoms. The van der Waals surface area contributed by atoms with Gasteiger partial charge < -0.3 is 15.5 Å². The highest BCUT2D eigenvalue weighted by Crippen LogP contribution is 2.34. The molecule has 112 valence electrons. The van der Waals surface area contributed by atoms with Gasteiger partial charge in [-0.3, -0.25) is 0 Å². The first-order chi connectivity index (χ1) is 9.77. The molecule has 0 heterocycles. The summed E-state index contributed by atoms with van der Waals surface area (Å²) < 4.78 is 37.9. The predicted octanol–water partition coefficient (Wildman–Crippen LogP) is 4.38. The third-order valence-corrected chi connectivity index (χ3v) is 3.16. The number of rotatable bonds is 3. The smallest absolute Gasteiger partial charge is 0.416 e. The summed E-state index contributed by atoms with van der Waals surface area (Å²) in [6, 6.07) is 6.92. The number of hydrogen-bond donors (Lipinski definition) is 3. The minimum Gasteiger partial charge on any atom is -0.508 e. The topological polar surface area (TPSA) is 52.5 Å². The molecule has 0 radical (unpaired) electrons. The van der Waals surface area contributed by atoms with Gasteiger partial charge in [0, 0.05) is 18.2 Å². The van der Waals surface area contributed by atoms with Gasteiger partial charge in [0.25, 0.3) is 0 Å². The van der Waals surface area contributed by atoms with E-state index in [1.807, 2.05) is 0 Å². The molecule has 0 atom stereocenters. The van der Waals surface area contributed by atoms with Crippen LogP contribution in [0.25, 0.3) is 0 Å². The maximum Gasteiger partial charge on any atom is 0.416 e. The Morgan fingerprint density at radius 3 is 2.38 bits per heavy atom. The molecule has 0 saturated carbocycles. The van der Waals surface area contributed by atoms with Crippen LogP contribution in [0.15, 0.2) is 36.4 Å². The highest BCUT2D eigenvalue weighted by molar-refractivity contribution is 6.33. The highest BCUT2D eigenvalue weighted by Gasteiger charge is 2.30. The number of anilines is 1. The van der Waals surface area contributed by atoms with Crippen molar-refractivity contribution in [3.05, 3.63) is 52.5 Å². The Morgan fingerprint density at radius 2 is 1.76 bits per heavy atom. The second kappa shape index (κ2) is 5.73. The van der Waals surface area contributed by atoms with Crippen molar-refractivity contribution in [1.82, 2.24) is 0 Å². The molecule has 2 aromatic rings. The Kier molecular flexibility index (Phi) is 4.18. The van der Waals surface area contributed by atoms with E-state index in [0.29, 0.717) is 5.56 Å². The van der Waals surface area contributed by atoms with Crippen molar-refractivity contribution in [2.45, 2.75) is 12.7 Å². The zero-order valence-electron chi connectivity index (χ0n) is 10.6. The molecule has 2 aromatic carbocycles. The monoisotopic (exact) mass is 317 g/mol. The quantitative estimate of drug-likeness (QED) is 0.787. The van der Waals surface area contributed by atoms with Gasteiger partial charge in [0.15, 0.2) is 0 Å². The van der Waals surface area contributed by atoms with Crippen molar-refractivity contribution in [3.63, 3.8) is 0 Å². The number of phenolic OH excluding ortho intramolecular Hbond substituents is 2. The van der Waals surface area contributed by atoms with Crippen LogP contribution in [0.5, 0.6) is 11.5 Å². The predicted molar refractivity (Wildman–Crippen MR) is 73.6 cm³/mol. The number of nitrogens with one attached hydrogen (secondary N) is 1. The van der Waals surface area contributed by atoms with E-state index in [-0.39, 0.29) is 28.8 Å². The first kappa shape index (κ1) is 15.3. The van der Waals surface area contributed by atoms with Crippen molar-refractivity contribution in [1.29, 1.82) is 0 Å². The zero-order chi connectivity index (χ0) is 15.6. The molecule has 0 aromatic heterocycles. The Labute approximate surface area is 123 Å². The minimum atomic E-state index is -4.46. The molecule has 2 rings (SSSR count). The molecule has 21 heavy (non-hydrogen) atoms. The molecular formula is C14H11ClF3NO2. The molecule has 3 N–H and O–H groups in total. The summed E-state index contributed by atoms with van der Waals surface area (Å²) in [7, 11) is 0. The number of hydrogen-bond acceptors (Lipinski definition) is 3. The molecule has 0 amide bonds. The number of alkyl halides is 3. The number of phenols is 2. The summed E-state index contributed by atoms with van der Waals surface area (Å²) in [4.78, 5) is 0. The lowest BCUT2D eigenvalue weighted by molar-refractivity contribution is -0.137. The fourth-order valence-corrected chi connectivity index (χ4v) is 1.91. The lowest BCUT2D eigenvalue weighted by atomic mass is 10.1. The van der Waals surface area contributed by atoms with Crippen LogP contribution < -0.4 is 5.32 Å². The molecule has 0 aliphatic heterocycles. The average Bonchev–Trinajstić information content (AvgIpc) is 2.38. The second-order valence-electron chi connectivity index (χ2n) is 4.36. The number of halogens is 4. The van der Waals surface area contributed by atoms with E-state index in [1.54, 1.807) is 0 Å². The van der Waals surface area contributed by atoms with Crippen molar-refractivity contribution < 1.29 is 23.4 Å². The van der Waals surface area contributed by atoms with Gasteiger partial charge in [-0.1, -0.05) is 11.6 Å². The Morgan fingerprint density at radius 1 is 1.05 bits per heavy atom. The highest BCUT2D eigenvalue weighted by atomic mass is 35.5. The summed E-state index contributed by atoms with van der Waals surface area (Å²) in [5, 5.41) is 21.6. The van der Waals surface area contributed by atoms with Crippen molar-refractivity contribution >= 4 is 17.3 Å². The van der Waals surface area contributed by atoms with E-state index in [0.717, 1.165) is 24.3 Å². The van der Waals surface area contributed by atoms with E-state index in [9.17, 15) is 18.3 Å². The van der Waals surface area contributed by atoms with Gasteiger partial charge >= 0.3 is 6.18 Å². The van der Waals surface area contributed by atoms with Crippen LogP contribution in [0, 0.1) is 0 Å². The maximum atomic E-state index is 12.6. The van der Waals surface area contributed by atoms with Gasteiger partial charge in [0.2, 0.25) is 0 Å². The summed E-state index contributed by atoms with van der Waals surface area (Å²) in [6.45, 7) is 0.0626. The lowest BCUT2D eigenvalue weighted by Gasteiger charge is -2.13. The fourth-order valence-electron chi connectivity index (χ4n) is 1.73. The van der Waals surface area contributed by atoms with E-state index in [2.05, 4.69) is 5.32 Å². The second-order valence-corrected chi connectivity index (χ2v) is 4.77. The lowest BCUT2D eigenvalue weighted by Crippen LogP contribution is -2.07. The summed E-state index contributed by atoms with van der Waals surface area (Å²) in [6.07, 6.45) is -4.46. The van der Waals surface area contributed by atoms with Gasteiger partial charge in [0.1, 0.15) is 11.5 Å². The third kappa shape index (κ3) is 3.72. The standard InChI is InChI=1S/C14H11ClF3NO2/c15-11-4-2-9(14(16,17)18)5-12(11)19-7-8-1-3-10(20)6-13(8)21/h1-6,19-21H,7H2. The van der Waals surface area contributed by atoms with Crippen molar-refractivity contribution in [2.24, 2.45) is 0 Å². The molecule has 0 aliphatic carbocycles. The molecule has 0 unspecified atom stereocenters. The molecule has 7 heteroatoms. The van der Waals surface area contributed by atoms with E-state index in [1.165, 1.54) is 12.1 Å². The van der Waals surface area contributed by atoms with E-state index < -0.39 is 11.7 Å². The van der Waals surface area contributed by atoms with Gasteiger partial charge in [-0.2, -0.15) is 13.2 Å². The average molecular weight is 318 g/mol. The number of benzene rings is 2. The fraction of sp³-hybridized carbons (Fsp3) is 0.143. The van der Waals surface area contributed by atoms with Gasteiger partial charge in [0.05, 0.1) is 16.3 Å². The van der Waals surface area contributed by atoms with Gasteiger partial charge in [-0.05, 0) is 30.3 Å². The van der Waals surface area contributed by atoms with Gasteiger partial charge in [-0.15, -0.1) is 0 Å². The molecular weight excluding hydrogens is 307 g/mol. The van der Waals surface area contributed by atoms with E-state index in [4.69, 9.17) is 16.7 Å². The van der Waals surface area contributed by atoms with Crippen LogP contribution in [-0.2, 0) is 12.7 Å². The van der Waals surface area contributed by atoms with Crippen LogP contribution in [-0.4, -0.2) is 10.2 Å². The van der Waals surface area contributed by atoms with Crippen LogP contribution in [0.2, 0.25) is 5.02 Å². The van der Waals surface area contributed by atoms with Crippen LogP contribution in [0.4, 0.5) is 18.9 Å². The Hall–Kier alpha value is -2.08. The molecule has 3 nitrogen and oxygen atoms in total. The number of aromatic hydroxyl groups is 2. The molecule has 0 bridgehead atoms.